The average Bonchev–Trinajstić information content (AvgIpc) is 2.82. The first-order valence-corrected chi connectivity index (χ1v) is 8.23. The van der Waals surface area contributed by atoms with E-state index in [0.717, 1.165) is 9.87 Å². The van der Waals surface area contributed by atoms with Crippen LogP contribution in [0.2, 0.25) is 0 Å². The molecular formula is C14H19NO5S. The fraction of sp³-hybridized carbons (Fsp3) is 0.500. The summed E-state index contributed by atoms with van der Waals surface area (Å²) in [6, 6.07) is 5.42. The maximum atomic E-state index is 12.6. The lowest BCUT2D eigenvalue weighted by Crippen LogP contribution is -2.41. The molecule has 1 aliphatic heterocycles. The van der Waals surface area contributed by atoms with Gasteiger partial charge in [0.1, 0.15) is 6.04 Å². The van der Waals surface area contributed by atoms with Gasteiger partial charge in [0.2, 0.25) is 10.0 Å². The molecule has 0 spiro atoms. The van der Waals surface area contributed by atoms with E-state index >= 15 is 0 Å². The van der Waals surface area contributed by atoms with Crippen molar-refractivity contribution < 1.29 is 23.1 Å². The van der Waals surface area contributed by atoms with E-state index < -0.39 is 28.1 Å². The van der Waals surface area contributed by atoms with Gasteiger partial charge in [-0.15, -0.1) is 0 Å². The number of carbonyl (C=O) groups is 1. The van der Waals surface area contributed by atoms with Crippen molar-refractivity contribution in [2.75, 3.05) is 13.2 Å². The topological polar surface area (TPSA) is 83.9 Å². The molecule has 0 bridgehead atoms. The molecule has 0 saturated carbocycles. The van der Waals surface area contributed by atoms with Crippen LogP contribution < -0.4 is 0 Å². The van der Waals surface area contributed by atoms with Crippen LogP contribution in [-0.2, 0) is 19.6 Å². The molecule has 21 heavy (non-hydrogen) atoms. The summed E-state index contributed by atoms with van der Waals surface area (Å²) in [7, 11) is -3.83. The number of nitrogens with zero attached hydrogens (tertiary/aromatic N) is 1. The number of esters is 1. The van der Waals surface area contributed by atoms with E-state index in [2.05, 4.69) is 0 Å². The smallest absolute Gasteiger partial charge is 0.324 e. The van der Waals surface area contributed by atoms with Gasteiger partial charge in [-0.05, 0) is 26.0 Å². The van der Waals surface area contributed by atoms with Crippen molar-refractivity contribution in [3.05, 3.63) is 29.8 Å². The lowest BCUT2D eigenvalue weighted by molar-refractivity contribution is -0.147. The summed E-state index contributed by atoms with van der Waals surface area (Å²) in [5, 5.41) is 9.73. The van der Waals surface area contributed by atoms with E-state index in [1.807, 2.05) is 6.92 Å². The molecule has 1 aliphatic rings. The van der Waals surface area contributed by atoms with Gasteiger partial charge >= 0.3 is 5.97 Å². The lowest BCUT2D eigenvalue weighted by Gasteiger charge is -2.22. The molecule has 1 aromatic carbocycles. The second-order valence-corrected chi connectivity index (χ2v) is 6.94. The van der Waals surface area contributed by atoms with Crippen LogP contribution in [0.25, 0.3) is 0 Å². The molecule has 2 atom stereocenters. The first-order chi connectivity index (χ1) is 9.86. The zero-order valence-electron chi connectivity index (χ0n) is 12.0. The minimum Gasteiger partial charge on any atom is -0.465 e. The number of ether oxygens (including phenoxy) is 1. The molecule has 116 valence electrons. The molecule has 1 fully saturated rings. The van der Waals surface area contributed by atoms with Crippen LogP contribution in [0.1, 0.15) is 18.9 Å². The van der Waals surface area contributed by atoms with E-state index in [1.165, 1.54) is 12.1 Å². The molecule has 0 aromatic heterocycles. The number of hydrogen-bond acceptors (Lipinski definition) is 5. The van der Waals surface area contributed by atoms with Crippen molar-refractivity contribution in [1.29, 1.82) is 0 Å². The van der Waals surface area contributed by atoms with Crippen molar-refractivity contribution in [3.8, 4) is 0 Å². The number of rotatable bonds is 4. The third-order valence-electron chi connectivity index (χ3n) is 3.42. The monoisotopic (exact) mass is 313 g/mol. The van der Waals surface area contributed by atoms with Crippen molar-refractivity contribution in [1.82, 2.24) is 4.31 Å². The van der Waals surface area contributed by atoms with Crippen LogP contribution in [0.15, 0.2) is 29.2 Å². The Bertz CT molecular complexity index is 611. The van der Waals surface area contributed by atoms with Gasteiger partial charge in [0.05, 0.1) is 17.6 Å². The molecule has 0 radical (unpaired) electrons. The maximum absolute atomic E-state index is 12.6. The average molecular weight is 313 g/mol. The summed E-state index contributed by atoms with van der Waals surface area (Å²) in [5.74, 6) is -0.621. The molecule has 0 aliphatic carbocycles. The fourth-order valence-electron chi connectivity index (χ4n) is 2.35. The van der Waals surface area contributed by atoms with Crippen molar-refractivity contribution in [2.24, 2.45) is 0 Å². The SMILES string of the molecule is CCOC(=O)[C@H]1C[C@@H](O)CN1S(=O)(=O)c1ccc(C)cc1. The Morgan fingerprint density at radius 1 is 1.38 bits per heavy atom. The van der Waals surface area contributed by atoms with E-state index in [-0.39, 0.29) is 24.5 Å². The molecule has 2 rings (SSSR count). The Balaban J connectivity index is 2.33. The van der Waals surface area contributed by atoms with Crippen LogP contribution >= 0.6 is 0 Å². The second-order valence-electron chi connectivity index (χ2n) is 5.05. The molecule has 1 saturated heterocycles. The van der Waals surface area contributed by atoms with Crippen LogP contribution in [0.4, 0.5) is 0 Å². The van der Waals surface area contributed by atoms with Crippen LogP contribution in [-0.4, -0.2) is 49.1 Å². The van der Waals surface area contributed by atoms with E-state index in [0.29, 0.717) is 0 Å². The van der Waals surface area contributed by atoms with Gasteiger partial charge in [0, 0.05) is 13.0 Å². The standard InChI is InChI=1S/C14H19NO5S/c1-3-20-14(17)13-8-11(16)9-15(13)21(18,19)12-6-4-10(2)5-7-12/h4-7,11,13,16H,3,8-9H2,1-2H3/t11-,13-/m1/s1. The fourth-order valence-corrected chi connectivity index (χ4v) is 3.97. The summed E-state index contributed by atoms with van der Waals surface area (Å²) < 4.78 is 31.2. The molecule has 7 heteroatoms. The van der Waals surface area contributed by atoms with Gasteiger partial charge in [0.25, 0.3) is 0 Å². The quantitative estimate of drug-likeness (QED) is 0.827. The maximum Gasteiger partial charge on any atom is 0.324 e. The first kappa shape index (κ1) is 15.9. The van der Waals surface area contributed by atoms with Crippen LogP contribution in [0.5, 0.6) is 0 Å². The normalized spacial score (nSPS) is 23.2. The largest absolute Gasteiger partial charge is 0.465 e. The third-order valence-corrected chi connectivity index (χ3v) is 5.31. The Morgan fingerprint density at radius 3 is 2.57 bits per heavy atom. The number of aliphatic hydroxyl groups excluding tert-OH is 1. The van der Waals surface area contributed by atoms with Gasteiger partial charge in [-0.2, -0.15) is 4.31 Å². The Kier molecular flexibility index (Phi) is 4.65. The summed E-state index contributed by atoms with van der Waals surface area (Å²) >= 11 is 0. The predicted octanol–water partition coefficient (Wildman–Crippen LogP) is 0.682. The Labute approximate surface area is 124 Å². The van der Waals surface area contributed by atoms with Gasteiger partial charge in [-0.1, -0.05) is 17.7 Å². The predicted molar refractivity (Wildman–Crippen MR) is 76.1 cm³/mol. The van der Waals surface area contributed by atoms with Crippen molar-refractivity contribution in [3.63, 3.8) is 0 Å². The summed E-state index contributed by atoms with van der Waals surface area (Å²) in [6.07, 6.45) is -0.802. The number of aryl methyl sites for hydroxylation is 1. The zero-order valence-corrected chi connectivity index (χ0v) is 12.8. The van der Waals surface area contributed by atoms with Gasteiger partial charge in [0.15, 0.2) is 0 Å². The minimum atomic E-state index is -3.83. The van der Waals surface area contributed by atoms with E-state index in [1.54, 1.807) is 19.1 Å². The molecule has 6 nitrogen and oxygen atoms in total. The lowest BCUT2D eigenvalue weighted by atomic mass is 10.2. The van der Waals surface area contributed by atoms with Crippen LogP contribution in [0, 0.1) is 6.92 Å². The molecule has 1 aromatic rings. The number of aliphatic hydroxyl groups is 1. The molecule has 0 amide bonds. The first-order valence-electron chi connectivity index (χ1n) is 6.79. The molecule has 1 heterocycles. The molecule has 1 N–H and O–H groups in total. The van der Waals surface area contributed by atoms with E-state index in [9.17, 15) is 18.3 Å². The highest BCUT2D eigenvalue weighted by Crippen LogP contribution is 2.27. The molecule has 0 unspecified atom stereocenters. The van der Waals surface area contributed by atoms with Gasteiger partial charge < -0.3 is 9.84 Å². The van der Waals surface area contributed by atoms with Crippen molar-refractivity contribution >= 4 is 16.0 Å². The second kappa shape index (κ2) is 6.13. The zero-order chi connectivity index (χ0) is 15.6. The van der Waals surface area contributed by atoms with Gasteiger partial charge in [-0.3, -0.25) is 4.79 Å². The number of sulfonamides is 1. The third kappa shape index (κ3) is 3.25. The summed E-state index contributed by atoms with van der Waals surface area (Å²) in [6.45, 7) is 3.59. The highest BCUT2D eigenvalue weighted by molar-refractivity contribution is 7.89. The van der Waals surface area contributed by atoms with Crippen molar-refractivity contribution in [2.45, 2.75) is 37.3 Å². The minimum absolute atomic E-state index is 0.0594. The van der Waals surface area contributed by atoms with Gasteiger partial charge in [-0.25, -0.2) is 8.42 Å². The van der Waals surface area contributed by atoms with Crippen LogP contribution in [0.3, 0.4) is 0 Å². The highest BCUT2D eigenvalue weighted by Gasteiger charge is 2.44. The Morgan fingerprint density at radius 2 is 2.00 bits per heavy atom. The number of carbonyl (C=O) groups excluding carboxylic acids is 1. The summed E-state index contributed by atoms with van der Waals surface area (Å²) in [4.78, 5) is 12.0. The van der Waals surface area contributed by atoms with E-state index in [4.69, 9.17) is 4.74 Å². The summed E-state index contributed by atoms with van der Waals surface area (Å²) in [5.41, 5.74) is 0.942. The number of benzene rings is 1. The number of hydrogen-bond donors (Lipinski definition) is 1. The molecular weight excluding hydrogens is 294 g/mol. The number of β-amino-alcohol motifs (C(OH)–C–C–N with tert-alkyl or cyclic N) is 1. The highest BCUT2D eigenvalue weighted by atomic mass is 32.2. The Hall–Kier alpha value is -1.44.